The largest absolute Gasteiger partial charge is 0.336 e. The number of hydrogen-bond donors (Lipinski definition) is 0. The topological polar surface area (TPSA) is 33.2 Å². The van der Waals surface area contributed by atoms with Gasteiger partial charge in [-0.05, 0) is 41.8 Å². The number of halogens is 1. The lowest BCUT2D eigenvalue weighted by Gasteiger charge is -2.14. The average molecular weight is 273 g/mol. The quantitative estimate of drug-likeness (QED) is 0.737. The molecule has 0 atom stereocenters. The van der Waals surface area contributed by atoms with Crippen molar-refractivity contribution in [2.45, 2.75) is 13.5 Å². The van der Waals surface area contributed by atoms with E-state index in [1.807, 2.05) is 31.2 Å². The van der Waals surface area contributed by atoms with Crippen LogP contribution in [-0.4, -0.2) is 22.8 Å². The van der Waals surface area contributed by atoms with E-state index in [2.05, 4.69) is 4.98 Å². The summed E-state index contributed by atoms with van der Waals surface area (Å²) >= 11 is 6.09. The molecule has 0 radical (unpaired) electrons. The lowest BCUT2D eigenvalue weighted by atomic mass is 9.98. The third-order valence-electron chi connectivity index (χ3n) is 3.34. The van der Waals surface area contributed by atoms with E-state index in [1.165, 1.54) is 0 Å². The molecule has 0 fully saturated rings. The van der Waals surface area contributed by atoms with Gasteiger partial charge in [0.1, 0.15) is 5.69 Å². The number of aromatic nitrogens is 1. The maximum absolute atomic E-state index is 12.3. The van der Waals surface area contributed by atoms with Crippen molar-refractivity contribution in [3.63, 3.8) is 0 Å². The Balaban J connectivity index is 2.35. The van der Waals surface area contributed by atoms with Gasteiger partial charge in [-0.25, -0.2) is 0 Å². The molecule has 0 saturated carbocycles. The minimum atomic E-state index is -0.0534. The summed E-state index contributed by atoms with van der Waals surface area (Å²) in [4.78, 5) is 18.3. The highest BCUT2D eigenvalue weighted by molar-refractivity contribution is 6.31. The summed E-state index contributed by atoms with van der Waals surface area (Å²) in [6, 6.07) is 7.73. The number of rotatable bonds is 0. The van der Waals surface area contributed by atoms with E-state index in [0.717, 1.165) is 22.3 Å². The standard InChI is InChI=1S/C15H13ClN2O/c1-9-5-13-12-6-11(16)4-3-10(12)8-18(2)15(19)14(13)17-7-9/h3-7H,8H2,1-2H3. The van der Waals surface area contributed by atoms with Crippen molar-refractivity contribution >= 4 is 17.5 Å². The highest BCUT2D eigenvalue weighted by atomic mass is 35.5. The zero-order valence-electron chi connectivity index (χ0n) is 10.8. The summed E-state index contributed by atoms with van der Waals surface area (Å²) in [5, 5.41) is 0.670. The summed E-state index contributed by atoms with van der Waals surface area (Å²) in [5.74, 6) is -0.0534. The molecule has 1 aromatic carbocycles. The van der Waals surface area contributed by atoms with Crippen molar-refractivity contribution in [1.82, 2.24) is 9.88 Å². The Labute approximate surface area is 116 Å². The molecule has 1 aliphatic rings. The molecule has 1 aliphatic heterocycles. The molecule has 0 N–H and O–H groups in total. The molecule has 4 heteroatoms. The number of amides is 1. The van der Waals surface area contributed by atoms with Crippen molar-refractivity contribution in [2.24, 2.45) is 0 Å². The third kappa shape index (κ3) is 2.00. The van der Waals surface area contributed by atoms with Crippen LogP contribution in [0.4, 0.5) is 0 Å². The van der Waals surface area contributed by atoms with Crippen LogP contribution in [0.15, 0.2) is 30.5 Å². The van der Waals surface area contributed by atoms with Crippen molar-refractivity contribution < 1.29 is 4.79 Å². The average Bonchev–Trinajstić information content (AvgIpc) is 2.48. The van der Waals surface area contributed by atoms with Crippen LogP contribution in [0.25, 0.3) is 11.1 Å². The smallest absolute Gasteiger partial charge is 0.273 e. The van der Waals surface area contributed by atoms with Gasteiger partial charge in [-0.3, -0.25) is 9.78 Å². The Morgan fingerprint density at radius 3 is 2.84 bits per heavy atom. The van der Waals surface area contributed by atoms with Crippen LogP contribution >= 0.6 is 11.6 Å². The summed E-state index contributed by atoms with van der Waals surface area (Å²) in [6.07, 6.45) is 1.72. The Morgan fingerprint density at radius 1 is 1.26 bits per heavy atom. The molecule has 0 aliphatic carbocycles. The number of hydrogen-bond acceptors (Lipinski definition) is 2. The second kappa shape index (κ2) is 4.35. The Kier molecular flexibility index (Phi) is 2.79. The maximum atomic E-state index is 12.3. The molecule has 2 aromatic rings. The van der Waals surface area contributed by atoms with Crippen LogP contribution in [0.3, 0.4) is 0 Å². The van der Waals surface area contributed by atoms with Crippen LogP contribution in [0.5, 0.6) is 0 Å². The van der Waals surface area contributed by atoms with E-state index in [0.29, 0.717) is 17.3 Å². The maximum Gasteiger partial charge on any atom is 0.273 e. The van der Waals surface area contributed by atoms with Crippen LogP contribution in [-0.2, 0) is 6.54 Å². The zero-order valence-corrected chi connectivity index (χ0v) is 11.5. The first-order valence-corrected chi connectivity index (χ1v) is 6.45. The van der Waals surface area contributed by atoms with Crippen molar-refractivity contribution in [3.8, 4) is 11.1 Å². The van der Waals surface area contributed by atoms with Crippen LogP contribution in [0.2, 0.25) is 5.02 Å². The second-order valence-corrected chi connectivity index (χ2v) is 5.31. The normalized spacial score (nSPS) is 13.8. The Hall–Kier alpha value is -1.87. The summed E-state index contributed by atoms with van der Waals surface area (Å²) in [5.41, 5.74) is 4.48. The molecule has 1 aromatic heterocycles. The SMILES string of the molecule is Cc1cnc2c(c1)-c1cc(Cl)ccc1CN(C)C2=O. The minimum absolute atomic E-state index is 0.0534. The third-order valence-corrected chi connectivity index (χ3v) is 3.58. The number of carbonyl (C=O) groups is 1. The van der Waals surface area contributed by atoms with Crippen molar-refractivity contribution in [2.75, 3.05) is 7.05 Å². The number of pyridine rings is 1. The lowest BCUT2D eigenvalue weighted by molar-refractivity contribution is 0.0783. The van der Waals surface area contributed by atoms with Crippen molar-refractivity contribution in [1.29, 1.82) is 0 Å². The van der Waals surface area contributed by atoms with Gasteiger partial charge in [-0.15, -0.1) is 0 Å². The van der Waals surface area contributed by atoms with E-state index in [9.17, 15) is 4.79 Å². The molecule has 0 spiro atoms. The summed E-state index contributed by atoms with van der Waals surface area (Å²) in [7, 11) is 1.79. The van der Waals surface area contributed by atoms with E-state index in [4.69, 9.17) is 11.6 Å². The number of fused-ring (bicyclic) bond motifs is 3. The first-order valence-electron chi connectivity index (χ1n) is 6.07. The predicted molar refractivity (Wildman–Crippen MR) is 75.2 cm³/mol. The molecule has 0 unspecified atom stereocenters. The first-order chi connectivity index (χ1) is 9.06. The van der Waals surface area contributed by atoms with Gasteiger partial charge in [0.05, 0.1) is 0 Å². The fourth-order valence-corrected chi connectivity index (χ4v) is 2.56. The number of carbonyl (C=O) groups excluding carboxylic acids is 1. The molecule has 1 amide bonds. The Bertz CT molecular complexity index is 682. The molecule has 0 saturated heterocycles. The van der Waals surface area contributed by atoms with E-state index < -0.39 is 0 Å². The van der Waals surface area contributed by atoms with Crippen LogP contribution < -0.4 is 0 Å². The van der Waals surface area contributed by atoms with Crippen LogP contribution in [0.1, 0.15) is 21.6 Å². The highest BCUT2D eigenvalue weighted by Gasteiger charge is 2.25. The molecule has 2 heterocycles. The van der Waals surface area contributed by atoms with Gasteiger partial charge < -0.3 is 4.90 Å². The molecular formula is C15H13ClN2O. The van der Waals surface area contributed by atoms with Crippen molar-refractivity contribution in [3.05, 3.63) is 52.3 Å². The summed E-state index contributed by atoms with van der Waals surface area (Å²) in [6.45, 7) is 2.54. The summed E-state index contributed by atoms with van der Waals surface area (Å²) < 4.78 is 0. The predicted octanol–water partition coefficient (Wildman–Crippen LogP) is 3.30. The zero-order chi connectivity index (χ0) is 13.6. The van der Waals surface area contributed by atoms with Gasteiger partial charge in [0.2, 0.25) is 0 Å². The molecule has 19 heavy (non-hydrogen) atoms. The van der Waals surface area contributed by atoms with Crippen LogP contribution in [0, 0.1) is 6.92 Å². The number of aryl methyl sites for hydroxylation is 1. The van der Waals surface area contributed by atoms with Gasteiger partial charge in [0, 0.05) is 30.4 Å². The molecule has 3 nitrogen and oxygen atoms in total. The van der Waals surface area contributed by atoms with E-state index >= 15 is 0 Å². The molecule has 0 bridgehead atoms. The first kappa shape index (κ1) is 12.2. The van der Waals surface area contributed by atoms with Gasteiger partial charge in [0.15, 0.2) is 0 Å². The van der Waals surface area contributed by atoms with Gasteiger partial charge in [0.25, 0.3) is 5.91 Å². The molecule has 3 rings (SSSR count). The van der Waals surface area contributed by atoms with Gasteiger partial charge in [-0.2, -0.15) is 0 Å². The fraction of sp³-hybridized carbons (Fsp3) is 0.200. The van der Waals surface area contributed by atoms with Gasteiger partial charge >= 0.3 is 0 Å². The van der Waals surface area contributed by atoms with Gasteiger partial charge in [-0.1, -0.05) is 17.7 Å². The van der Waals surface area contributed by atoms with E-state index in [1.54, 1.807) is 18.1 Å². The molecule has 96 valence electrons. The van der Waals surface area contributed by atoms with E-state index in [-0.39, 0.29) is 5.91 Å². The number of nitrogens with zero attached hydrogens (tertiary/aromatic N) is 2. The highest BCUT2D eigenvalue weighted by Crippen LogP contribution is 2.33. The Morgan fingerprint density at radius 2 is 2.05 bits per heavy atom. The number of benzene rings is 1. The minimum Gasteiger partial charge on any atom is -0.336 e. The fourth-order valence-electron chi connectivity index (χ4n) is 2.39. The lowest BCUT2D eigenvalue weighted by Crippen LogP contribution is -2.25. The monoisotopic (exact) mass is 272 g/mol. The molecular weight excluding hydrogens is 260 g/mol. The second-order valence-electron chi connectivity index (χ2n) is 4.87.